The van der Waals surface area contributed by atoms with E-state index < -0.39 is 0 Å². The minimum Gasteiger partial charge on any atom is -0.492 e. The number of ether oxygens (including phenoxy) is 1. The molecular weight excluding hydrogens is 298 g/mol. The summed E-state index contributed by atoms with van der Waals surface area (Å²) >= 11 is 0. The molecule has 0 spiro atoms. The Morgan fingerprint density at radius 2 is 1.83 bits per heavy atom. The van der Waals surface area contributed by atoms with Crippen LogP contribution in [0.2, 0.25) is 0 Å². The van der Waals surface area contributed by atoms with E-state index in [0.29, 0.717) is 17.9 Å². The summed E-state index contributed by atoms with van der Waals surface area (Å²) in [6, 6.07) is 6.80. The first kappa shape index (κ1) is 15.7. The standard InChI is InChI=1S/C20H27N3O/c1-4-10-19(16(6-1)15-24-18-9-5-12-21-14-18)20-11-13-22-23(20)17-7-2-3-8-17/h5,9,11-14,16-17,19H,1-4,6-8,10,15H2. The van der Waals surface area contributed by atoms with Gasteiger partial charge in [-0.1, -0.05) is 25.7 Å². The van der Waals surface area contributed by atoms with Gasteiger partial charge in [-0.05, 0) is 43.9 Å². The molecular formula is C20H27N3O. The maximum Gasteiger partial charge on any atom is 0.137 e. The molecule has 2 heterocycles. The normalized spacial score (nSPS) is 25.0. The average molecular weight is 325 g/mol. The SMILES string of the molecule is c1cncc(OCC2CCCCC2c2ccnn2C2CCCC2)c1. The van der Waals surface area contributed by atoms with Gasteiger partial charge in [0.15, 0.2) is 0 Å². The Labute approximate surface area is 144 Å². The summed E-state index contributed by atoms with van der Waals surface area (Å²) in [5.74, 6) is 2.04. The smallest absolute Gasteiger partial charge is 0.137 e. The summed E-state index contributed by atoms with van der Waals surface area (Å²) in [5, 5.41) is 4.69. The van der Waals surface area contributed by atoms with Crippen molar-refractivity contribution in [1.29, 1.82) is 0 Å². The molecule has 4 rings (SSSR count). The molecule has 128 valence electrons. The number of rotatable bonds is 5. The summed E-state index contributed by atoms with van der Waals surface area (Å²) < 4.78 is 8.39. The van der Waals surface area contributed by atoms with Crippen LogP contribution in [0.1, 0.15) is 69.0 Å². The van der Waals surface area contributed by atoms with Crippen molar-refractivity contribution in [2.24, 2.45) is 5.92 Å². The lowest BCUT2D eigenvalue weighted by Crippen LogP contribution is -2.26. The molecule has 24 heavy (non-hydrogen) atoms. The molecule has 0 radical (unpaired) electrons. The molecule has 0 aromatic carbocycles. The number of nitrogens with zero attached hydrogens (tertiary/aromatic N) is 3. The molecule has 0 saturated heterocycles. The highest BCUT2D eigenvalue weighted by Crippen LogP contribution is 2.40. The lowest BCUT2D eigenvalue weighted by Gasteiger charge is -2.32. The number of pyridine rings is 1. The Morgan fingerprint density at radius 1 is 1.00 bits per heavy atom. The molecule has 0 amide bonds. The summed E-state index contributed by atoms with van der Waals surface area (Å²) in [4.78, 5) is 4.14. The van der Waals surface area contributed by atoms with Crippen molar-refractivity contribution in [3.05, 3.63) is 42.5 Å². The predicted octanol–water partition coefficient (Wildman–Crippen LogP) is 4.75. The van der Waals surface area contributed by atoms with Crippen LogP contribution in [0, 0.1) is 5.92 Å². The Morgan fingerprint density at radius 3 is 2.67 bits per heavy atom. The highest BCUT2D eigenvalue weighted by Gasteiger charge is 2.31. The molecule has 0 bridgehead atoms. The van der Waals surface area contributed by atoms with Gasteiger partial charge in [-0.2, -0.15) is 5.10 Å². The van der Waals surface area contributed by atoms with Crippen LogP contribution in [0.5, 0.6) is 5.75 Å². The minimum absolute atomic E-state index is 0.579. The second-order valence-corrected chi connectivity index (χ2v) is 7.29. The third-order valence-electron chi connectivity index (χ3n) is 5.76. The van der Waals surface area contributed by atoms with E-state index in [1.807, 2.05) is 18.3 Å². The van der Waals surface area contributed by atoms with Gasteiger partial charge in [0.05, 0.1) is 18.8 Å². The molecule has 0 N–H and O–H groups in total. The van der Waals surface area contributed by atoms with E-state index in [1.54, 1.807) is 12.4 Å². The summed E-state index contributed by atoms with van der Waals surface area (Å²) in [7, 11) is 0. The zero-order chi connectivity index (χ0) is 16.2. The monoisotopic (exact) mass is 325 g/mol. The molecule has 2 aliphatic rings. The topological polar surface area (TPSA) is 39.9 Å². The Bertz CT molecular complexity index is 633. The van der Waals surface area contributed by atoms with Gasteiger partial charge in [0.1, 0.15) is 5.75 Å². The number of hydrogen-bond acceptors (Lipinski definition) is 3. The van der Waals surface area contributed by atoms with Crippen LogP contribution in [0.3, 0.4) is 0 Å². The van der Waals surface area contributed by atoms with Gasteiger partial charge < -0.3 is 4.74 Å². The molecule has 4 heteroatoms. The Hall–Kier alpha value is -1.84. The molecule has 2 saturated carbocycles. The van der Waals surface area contributed by atoms with Crippen LogP contribution < -0.4 is 4.74 Å². The fraction of sp³-hybridized carbons (Fsp3) is 0.600. The highest BCUT2D eigenvalue weighted by atomic mass is 16.5. The lowest BCUT2D eigenvalue weighted by molar-refractivity contribution is 0.179. The average Bonchev–Trinajstić information content (AvgIpc) is 3.32. The summed E-state index contributed by atoms with van der Waals surface area (Å²) in [6.45, 7) is 0.784. The van der Waals surface area contributed by atoms with E-state index in [-0.39, 0.29) is 0 Å². The second kappa shape index (κ2) is 7.37. The van der Waals surface area contributed by atoms with E-state index in [1.165, 1.54) is 57.1 Å². The number of hydrogen-bond donors (Lipinski definition) is 0. The maximum absolute atomic E-state index is 6.05. The van der Waals surface area contributed by atoms with Gasteiger partial charge in [0.25, 0.3) is 0 Å². The van der Waals surface area contributed by atoms with E-state index in [2.05, 4.69) is 15.7 Å². The van der Waals surface area contributed by atoms with Gasteiger partial charge in [-0.3, -0.25) is 9.67 Å². The fourth-order valence-corrected chi connectivity index (χ4v) is 4.50. The number of aromatic nitrogens is 3. The van der Waals surface area contributed by atoms with Gasteiger partial charge >= 0.3 is 0 Å². The Balaban J connectivity index is 1.49. The molecule has 2 unspecified atom stereocenters. The van der Waals surface area contributed by atoms with Crippen molar-refractivity contribution < 1.29 is 4.74 Å². The van der Waals surface area contributed by atoms with Crippen molar-refractivity contribution in [2.45, 2.75) is 63.3 Å². The predicted molar refractivity (Wildman–Crippen MR) is 94.2 cm³/mol. The van der Waals surface area contributed by atoms with Gasteiger partial charge in [0, 0.05) is 29.9 Å². The van der Waals surface area contributed by atoms with E-state index in [4.69, 9.17) is 9.84 Å². The fourth-order valence-electron chi connectivity index (χ4n) is 4.50. The molecule has 2 fully saturated rings. The van der Waals surface area contributed by atoms with Gasteiger partial charge in [-0.25, -0.2) is 0 Å². The molecule has 2 aliphatic carbocycles. The minimum atomic E-state index is 0.579. The molecule has 4 nitrogen and oxygen atoms in total. The van der Waals surface area contributed by atoms with Crippen LogP contribution >= 0.6 is 0 Å². The lowest BCUT2D eigenvalue weighted by atomic mass is 9.77. The van der Waals surface area contributed by atoms with E-state index in [0.717, 1.165) is 12.4 Å². The van der Waals surface area contributed by atoms with Crippen LogP contribution in [0.25, 0.3) is 0 Å². The van der Waals surface area contributed by atoms with Crippen molar-refractivity contribution in [3.8, 4) is 5.75 Å². The summed E-state index contributed by atoms with van der Waals surface area (Å²) in [5.41, 5.74) is 1.45. The van der Waals surface area contributed by atoms with Crippen LogP contribution in [0.15, 0.2) is 36.8 Å². The van der Waals surface area contributed by atoms with E-state index in [9.17, 15) is 0 Å². The zero-order valence-corrected chi connectivity index (χ0v) is 14.3. The molecule has 2 aromatic heterocycles. The maximum atomic E-state index is 6.05. The van der Waals surface area contributed by atoms with Crippen LogP contribution in [-0.4, -0.2) is 21.4 Å². The highest BCUT2D eigenvalue weighted by molar-refractivity contribution is 5.16. The third kappa shape index (κ3) is 3.33. The van der Waals surface area contributed by atoms with Crippen LogP contribution in [0.4, 0.5) is 0 Å². The first-order valence-electron chi connectivity index (χ1n) is 9.48. The van der Waals surface area contributed by atoms with Crippen LogP contribution in [-0.2, 0) is 0 Å². The summed E-state index contributed by atoms with van der Waals surface area (Å²) in [6.07, 6.45) is 16.0. The van der Waals surface area contributed by atoms with Crippen molar-refractivity contribution >= 4 is 0 Å². The first-order chi connectivity index (χ1) is 11.9. The van der Waals surface area contributed by atoms with Crippen molar-refractivity contribution in [3.63, 3.8) is 0 Å². The second-order valence-electron chi connectivity index (χ2n) is 7.29. The first-order valence-corrected chi connectivity index (χ1v) is 9.48. The zero-order valence-electron chi connectivity index (χ0n) is 14.3. The molecule has 2 aromatic rings. The Kier molecular flexibility index (Phi) is 4.81. The van der Waals surface area contributed by atoms with E-state index >= 15 is 0 Å². The van der Waals surface area contributed by atoms with Gasteiger partial charge in [-0.15, -0.1) is 0 Å². The van der Waals surface area contributed by atoms with Gasteiger partial charge in [0.2, 0.25) is 0 Å². The third-order valence-corrected chi connectivity index (χ3v) is 5.76. The van der Waals surface area contributed by atoms with Crippen molar-refractivity contribution in [1.82, 2.24) is 14.8 Å². The molecule has 0 aliphatic heterocycles. The van der Waals surface area contributed by atoms with Crippen molar-refractivity contribution in [2.75, 3.05) is 6.61 Å². The molecule has 2 atom stereocenters. The quantitative estimate of drug-likeness (QED) is 0.796. The largest absolute Gasteiger partial charge is 0.492 e.